The third-order valence-electron chi connectivity index (χ3n) is 16.1. The van der Waals surface area contributed by atoms with Crippen molar-refractivity contribution in [3.8, 4) is 0 Å². The van der Waals surface area contributed by atoms with Crippen molar-refractivity contribution < 1.29 is 17.7 Å². The number of fused-ring (bicyclic) bond motifs is 12. The Kier molecular flexibility index (Phi) is 9.03. The molecule has 0 bridgehead atoms. The van der Waals surface area contributed by atoms with E-state index in [2.05, 4.69) is 219 Å². The smallest absolute Gasteiger partial charge is 0.135 e. The fourth-order valence-electron chi connectivity index (χ4n) is 12.6. The molecule has 0 saturated carbocycles. The molecule has 362 valence electrons. The van der Waals surface area contributed by atoms with Crippen molar-refractivity contribution in [1.82, 2.24) is 0 Å². The molecule has 4 aromatic heterocycles. The highest BCUT2D eigenvalue weighted by Gasteiger charge is 2.28. The summed E-state index contributed by atoms with van der Waals surface area (Å²) in [6, 6.07) is 74.4. The summed E-state index contributed by atoms with van der Waals surface area (Å²) in [7, 11) is 0. The van der Waals surface area contributed by atoms with Crippen molar-refractivity contribution in [2.45, 2.75) is 39.5 Å². The summed E-state index contributed by atoms with van der Waals surface area (Å²) in [5, 5.41) is 16.0. The average Bonchev–Trinajstić information content (AvgIpc) is 4.33. The first-order valence-electron chi connectivity index (χ1n) is 26.3. The third-order valence-corrected chi connectivity index (χ3v) is 16.1. The third kappa shape index (κ3) is 6.21. The lowest BCUT2D eigenvalue weighted by Gasteiger charge is -2.31. The van der Waals surface area contributed by atoms with Gasteiger partial charge in [0, 0.05) is 76.6 Å². The van der Waals surface area contributed by atoms with Crippen LogP contribution in [-0.4, -0.2) is 0 Å². The van der Waals surface area contributed by atoms with Gasteiger partial charge in [-0.15, -0.1) is 0 Å². The maximum absolute atomic E-state index is 6.44. The van der Waals surface area contributed by atoms with Crippen LogP contribution >= 0.6 is 0 Å². The molecule has 12 aromatic carbocycles. The molecule has 0 aliphatic rings. The van der Waals surface area contributed by atoms with Gasteiger partial charge in [-0.1, -0.05) is 125 Å². The molecule has 6 nitrogen and oxygen atoms in total. The molecule has 0 unspecified atom stereocenters. The van der Waals surface area contributed by atoms with Crippen LogP contribution in [-0.2, 0) is 0 Å². The summed E-state index contributed by atoms with van der Waals surface area (Å²) in [4.78, 5) is 4.93. The van der Waals surface area contributed by atoms with Gasteiger partial charge in [0.15, 0.2) is 0 Å². The standard InChI is InChI=1S/C70H48N2O4/c1-39(2)53-37-59(71(41-21-29-65-55(33-41)45-13-5-9-17-61(45)73-65)42-22-30-66-56(34-42)46-14-6-10-18-62(46)74-66)51-28-26-50-54(40(3)4)38-60(52-27-25-49(53)69(51)70(50)52)72(43-23-31-67-57(35-43)47-15-7-11-19-63(47)75-67)44-24-32-68-58(36-44)48-16-8-12-20-64(48)76-68/h5-40H,1-4H3. The van der Waals surface area contributed by atoms with Crippen molar-refractivity contribution in [1.29, 1.82) is 0 Å². The Labute approximate surface area is 436 Å². The molecule has 0 aliphatic heterocycles. The van der Waals surface area contributed by atoms with Crippen LogP contribution in [0.1, 0.15) is 50.7 Å². The summed E-state index contributed by atoms with van der Waals surface area (Å²) in [5.74, 6) is 0.415. The lowest BCUT2D eigenvalue weighted by atomic mass is 9.84. The number of furan rings is 4. The molecule has 0 fully saturated rings. The van der Waals surface area contributed by atoms with Gasteiger partial charge in [-0.25, -0.2) is 0 Å². The number of nitrogens with zero attached hydrogens (tertiary/aromatic N) is 2. The summed E-state index contributed by atoms with van der Waals surface area (Å²) in [6.07, 6.45) is 0. The van der Waals surface area contributed by atoms with E-state index in [9.17, 15) is 0 Å². The lowest BCUT2D eigenvalue weighted by Crippen LogP contribution is -2.13. The van der Waals surface area contributed by atoms with Crippen LogP contribution in [0.2, 0.25) is 0 Å². The molecule has 16 aromatic rings. The van der Waals surface area contributed by atoms with Gasteiger partial charge >= 0.3 is 0 Å². The van der Waals surface area contributed by atoms with Crippen LogP contribution in [0.15, 0.2) is 224 Å². The second kappa shape index (κ2) is 16.0. The van der Waals surface area contributed by atoms with Gasteiger partial charge in [-0.3, -0.25) is 0 Å². The number of hydrogen-bond acceptors (Lipinski definition) is 6. The lowest BCUT2D eigenvalue weighted by molar-refractivity contribution is 0.668. The van der Waals surface area contributed by atoms with Gasteiger partial charge < -0.3 is 27.5 Å². The van der Waals surface area contributed by atoms with Crippen molar-refractivity contribution in [3.05, 3.63) is 217 Å². The van der Waals surface area contributed by atoms with Crippen LogP contribution in [0.4, 0.5) is 34.1 Å². The molecule has 0 spiro atoms. The molecule has 0 N–H and O–H groups in total. The van der Waals surface area contributed by atoms with Gasteiger partial charge in [0.1, 0.15) is 44.7 Å². The van der Waals surface area contributed by atoms with Crippen LogP contribution < -0.4 is 9.80 Å². The SMILES string of the molecule is CC(C)c1cc(N(c2ccc3oc4ccccc4c3c2)c2ccc3oc4ccccc4c3c2)c2ccc3c(C(C)C)cc(N(c4ccc5oc6ccccc6c5c4)c4ccc5oc6ccccc6c5c4)c4ccc1c2c34. The van der Waals surface area contributed by atoms with E-state index in [4.69, 9.17) is 17.7 Å². The predicted molar refractivity (Wildman–Crippen MR) is 317 cm³/mol. The molecule has 0 aliphatic carbocycles. The van der Waals surface area contributed by atoms with Crippen LogP contribution in [0.25, 0.3) is 120 Å². The second-order valence-electron chi connectivity index (χ2n) is 21.1. The summed E-state index contributed by atoms with van der Waals surface area (Å²) >= 11 is 0. The normalized spacial score (nSPS) is 12.4. The second-order valence-corrected chi connectivity index (χ2v) is 21.1. The highest BCUT2D eigenvalue weighted by atomic mass is 16.3. The molecular formula is C70H48N2O4. The maximum Gasteiger partial charge on any atom is 0.135 e. The molecule has 76 heavy (non-hydrogen) atoms. The highest BCUT2D eigenvalue weighted by molar-refractivity contribution is 6.30. The van der Waals surface area contributed by atoms with E-state index in [1.54, 1.807) is 0 Å². The van der Waals surface area contributed by atoms with Gasteiger partial charge in [-0.2, -0.15) is 0 Å². The molecule has 0 amide bonds. The Bertz CT molecular complexity index is 4500. The van der Waals surface area contributed by atoms with Gasteiger partial charge in [-0.05, 0) is 154 Å². The number of para-hydroxylation sites is 4. The largest absolute Gasteiger partial charge is 0.456 e. The molecule has 0 saturated heterocycles. The zero-order valence-electron chi connectivity index (χ0n) is 42.3. The van der Waals surface area contributed by atoms with E-state index in [-0.39, 0.29) is 11.8 Å². The Morgan fingerprint density at radius 3 is 0.803 bits per heavy atom. The van der Waals surface area contributed by atoms with Gasteiger partial charge in [0.25, 0.3) is 0 Å². The monoisotopic (exact) mass is 980 g/mol. The number of hydrogen-bond donors (Lipinski definition) is 0. The van der Waals surface area contributed by atoms with E-state index in [0.717, 1.165) is 122 Å². The minimum Gasteiger partial charge on any atom is -0.456 e. The molecular weight excluding hydrogens is 933 g/mol. The van der Waals surface area contributed by atoms with Crippen molar-refractivity contribution in [3.63, 3.8) is 0 Å². The highest BCUT2D eigenvalue weighted by Crippen LogP contribution is 2.53. The van der Waals surface area contributed by atoms with E-state index < -0.39 is 0 Å². The Balaban J connectivity index is 1.01. The molecule has 6 heteroatoms. The van der Waals surface area contributed by atoms with Crippen LogP contribution in [0.3, 0.4) is 0 Å². The Morgan fingerprint density at radius 1 is 0.250 bits per heavy atom. The van der Waals surface area contributed by atoms with Crippen molar-refractivity contribution in [2.24, 2.45) is 0 Å². The first-order chi connectivity index (χ1) is 37.3. The van der Waals surface area contributed by atoms with E-state index in [0.29, 0.717) is 0 Å². The van der Waals surface area contributed by atoms with E-state index in [1.165, 1.54) is 43.4 Å². The van der Waals surface area contributed by atoms with Crippen LogP contribution in [0.5, 0.6) is 0 Å². The summed E-state index contributed by atoms with van der Waals surface area (Å²) < 4.78 is 25.8. The molecule has 4 heterocycles. The maximum atomic E-state index is 6.44. The minimum atomic E-state index is 0.208. The topological polar surface area (TPSA) is 59.0 Å². The minimum absolute atomic E-state index is 0.208. The molecule has 0 atom stereocenters. The number of rotatable bonds is 8. The summed E-state index contributed by atoms with van der Waals surface area (Å²) in [5.41, 5.74) is 15.9. The Hall–Kier alpha value is -9.52. The zero-order chi connectivity index (χ0) is 50.5. The Morgan fingerprint density at radius 2 is 0.513 bits per heavy atom. The van der Waals surface area contributed by atoms with E-state index in [1.807, 2.05) is 24.3 Å². The van der Waals surface area contributed by atoms with E-state index >= 15 is 0 Å². The van der Waals surface area contributed by atoms with Gasteiger partial charge in [0.05, 0.1) is 11.4 Å². The first-order valence-corrected chi connectivity index (χ1v) is 26.3. The molecule has 0 radical (unpaired) electrons. The molecule has 16 rings (SSSR count). The number of benzene rings is 12. The van der Waals surface area contributed by atoms with Crippen molar-refractivity contribution >= 4 is 154 Å². The first kappa shape index (κ1) is 42.9. The van der Waals surface area contributed by atoms with Gasteiger partial charge in [0.2, 0.25) is 0 Å². The van der Waals surface area contributed by atoms with Crippen molar-refractivity contribution in [2.75, 3.05) is 9.80 Å². The fourth-order valence-corrected chi connectivity index (χ4v) is 12.6. The number of anilines is 6. The summed E-state index contributed by atoms with van der Waals surface area (Å²) in [6.45, 7) is 9.30. The predicted octanol–water partition coefficient (Wildman–Crippen LogP) is 21.4. The fraction of sp³-hybridized carbons (Fsp3) is 0.0857. The zero-order valence-corrected chi connectivity index (χ0v) is 42.3. The quantitative estimate of drug-likeness (QED) is 0.141. The van der Waals surface area contributed by atoms with Crippen LogP contribution in [0, 0.1) is 0 Å². The average molecular weight is 981 g/mol.